The number of unbranched alkanes of at least 4 members (excludes halogenated alkanes) is 1. The van der Waals surface area contributed by atoms with Crippen LogP contribution in [-0.2, 0) is 57.5 Å². The van der Waals surface area contributed by atoms with E-state index in [-0.39, 0.29) is 58.0 Å². The van der Waals surface area contributed by atoms with E-state index >= 15 is 0 Å². The molecule has 0 aromatic carbocycles. The van der Waals surface area contributed by atoms with E-state index < -0.39 is 152 Å². The van der Waals surface area contributed by atoms with Gasteiger partial charge in [0.1, 0.15) is 36.3 Å². The number of carbonyl (C=O) groups is 12. The van der Waals surface area contributed by atoms with Gasteiger partial charge in [0.25, 0.3) is 0 Å². The summed E-state index contributed by atoms with van der Waals surface area (Å²) >= 11 is 0. The van der Waals surface area contributed by atoms with Gasteiger partial charge in [-0.05, 0) is 78.2 Å². The fraction of sp³-hybridized carbons (Fsp3) is 0.707. The largest absolute Gasteiger partial charge is 0.481 e. The highest BCUT2D eigenvalue weighted by molar-refractivity contribution is 5.98. The minimum absolute atomic E-state index is 0.00286. The molecule has 27 heteroatoms. The van der Waals surface area contributed by atoms with Crippen LogP contribution in [0.25, 0.3) is 0 Å². The number of nitrogens with one attached hydrogen (secondary N) is 7. The van der Waals surface area contributed by atoms with Gasteiger partial charge in [-0.2, -0.15) is 0 Å². The number of nitrogens with zero attached hydrogens (tertiary/aromatic N) is 3. The molecule has 3 aliphatic rings. The third-order valence-electron chi connectivity index (χ3n) is 11.8. The summed E-state index contributed by atoms with van der Waals surface area (Å²) in [5.41, 5.74) is 10.7. The predicted molar refractivity (Wildman–Crippen MR) is 235 cm³/mol. The first-order valence-corrected chi connectivity index (χ1v) is 22.5. The topological polar surface area (TPSA) is 411 Å². The van der Waals surface area contributed by atoms with Crippen LogP contribution in [0.4, 0.5) is 0 Å². The van der Waals surface area contributed by atoms with E-state index in [1.165, 1.54) is 16.7 Å². The van der Waals surface area contributed by atoms with Crippen molar-refractivity contribution in [3.05, 3.63) is 0 Å². The molecule has 1 unspecified atom stereocenters. The third-order valence-corrected chi connectivity index (χ3v) is 11.8. The summed E-state index contributed by atoms with van der Waals surface area (Å²) in [6, 6.07) is -8.94. The van der Waals surface area contributed by atoms with Crippen LogP contribution < -0.4 is 48.7 Å². The lowest BCUT2D eigenvalue weighted by molar-refractivity contribution is -0.145. The molecule has 380 valence electrons. The molecule has 0 radical (unpaired) electrons. The smallest absolute Gasteiger partial charge is 0.326 e. The zero-order valence-corrected chi connectivity index (χ0v) is 38.5. The molecule has 14 N–H and O–H groups in total. The van der Waals surface area contributed by atoms with Crippen molar-refractivity contribution in [2.75, 3.05) is 46.3 Å². The average molecular weight is 967 g/mol. The minimum Gasteiger partial charge on any atom is -0.481 e. The zero-order chi connectivity index (χ0) is 50.8. The normalized spacial score (nSPS) is 21.7. The molecule has 10 amide bonds. The second kappa shape index (κ2) is 26.8. The number of aliphatic hydroxyl groups excluding tert-OH is 1. The first-order valence-electron chi connectivity index (χ1n) is 22.5. The van der Waals surface area contributed by atoms with Gasteiger partial charge < -0.3 is 78.7 Å². The number of nitrogens with two attached hydrogens (primary N) is 2. The second-order valence-electron chi connectivity index (χ2n) is 17.2. The molecule has 0 aliphatic carbocycles. The first-order chi connectivity index (χ1) is 32.0. The number of β-amino-alcohol motifs (C(OH)–C–C–N with tert-alkyl or cyclic N) is 1. The summed E-state index contributed by atoms with van der Waals surface area (Å²) in [5.74, 6) is -10.4. The SMILES string of the molecule is CC1C[C@H](NC(=O)CN(C)C(=O)[C@H](CC(=O)O)NC(=O)[C@H](CCCC(N)=O)NC(=O)CNC(=O)[C@@H]2C[C@@H](O)CN2)C(=O)N1[C@@H](C)C(=O)NCC(=O)N1CCC[C@H]1C(=O)N[C@@H](CCCCN)C(=O)O. The maximum absolute atomic E-state index is 13.5. The number of carboxylic acids is 2. The van der Waals surface area contributed by atoms with Crippen molar-refractivity contribution in [3.8, 4) is 0 Å². The van der Waals surface area contributed by atoms with Gasteiger partial charge >= 0.3 is 11.9 Å². The van der Waals surface area contributed by atoms with E-state index in [1.807, 2.05) is 0 Å². The molecule has 3 heterocycles. The summed E-state index contributed by atoms with van der Waals surface area (Å²) in [5, 5.41) is 46.1. The van der Waals surface area contributed by atoms with Crippen LogP contribution in [0.5, 0.6) is 0 Å². The van der Waals surface area contributed by atoms with Crippen LogP contribution in [0, 0.1) is 0 Å². The van der Waals surface area contributed by atoms with Crippen molar-refractivity contribution in [3.63, 3.8) is 0 Å². The molecular weight excluding hydrogens is 901 g/mol. The molecule has 0 saturated carbocycles. The number of hydrogen-bond donors (Lipinski definition) is 12. The Bertz CT molecular complexity index is 1900. The lowest BCUT2D eigenvalue weighted by atomic mass is 10.1. The highest BCUT2D eigenvalue weighted by Crippen LogP contribution is 2.23. The molecule has 0 spiro atoms. The first kappa shape index (κ1) is 55.8. The predicted octanol–water partition coefficient (Wildman–Crippen LogP) is -6.32. The number of likely N-dealkylation sites (tertiary alicyclic amines) is 2. The van der Waals surface area contributed by atoms with Crippen molar-refractivity contribution in [1.82, 2.24) is 51.9 Å². The zero-order valence-electron chi connectivity index (χ0n) is 38.5. The number of aliphatic carboxylic acids is 2. The van der Waals surface area contributed by atoms with Gasteiger partial charge in [0.05, 0.1) is 38.2 Å². The van der Waals surface area contributed by atoms with Crippen LogP contribution >= 0.6 is 0 Å². The van der Waals surface area contributed by atoms with E-state index in [4.69, 9.17) is 11.5 Å². The number of aliphatic hydroxyl groups is 1. The number of carbonyl (C=O) groups excluding carboxylic acids is 10. The van der Waals surface area contributed by atoms with Gasteiger partial charge in [-0.25, -0.2) is 4.79 Å². The van der Waals surface area contributed by atoms with E-state index in [0.29, 0.717) is 25.8 Å². The molecule has 3 rings (SSSR count). The Morgan fingerprint density at radius 1 is 0.853 bits per heavy atom. The lowest BCUT2D eigenvalue weighted by Crippen LogP contribution is -2.56. The molecule has 3 aliphatic heterocycles. The van der Waals surface area contributed by atoms with Crippen LogP contribution in [0.2, 0.25) is 0 Å². The Labute approximate surface area is 391 Å². The highest BCUT2D eigenvalue weighted by atomic mass is 16.4. The fourth-order valence-corrected chi connectivity index (χ4v) is 8.19. The molecule has 0 aromatic rings. The Morgan fingerprint density at radius 3 is 2.16 bits per heavy atom. The summed E-state index contributed by atoms with van der Waals surface area (Å²) in [4.78, 5) is 156. The Morgan fingerprint density at radius 2 is 1.54 bits per heavy atom. The van der Waals surface area contributed by atoms with E-state index in [0.717, 1.165) is 11.9 Å². The second-order valence-corrected chi connectivity index (χ2v) is 17.2. The number of carboxylic acid groups (broad SMARTS) is 2. The molecule has 68 heavy (non-hydrogen) atoms. The molecular formula is C41H66N12O15. The molecule has 3 fully saturated rings. The van der Waals surface area contributed by atoms with Crippen LogP contribution in [0.15, 0.2) is 0 Å². The minimum atomic E-state index is -1.77. The standard InChI is InChI=1S/C41H66N12O15/c1-21-14-27(40(66)53(21)22(2)35(61)46-19-33(58)52-13-7-10-29(52)38(64)49-25(41(67)68)8-4-5-12-42)48-32(57)20-51(3)39(65)28(16-34(59)60)50-37(63)24(9-6-11-30(43)55)47-31(56)18-45-36(62)26-15-23(54)17-44-26/h21-29,44,54H,4-20,42H2,1-3H3,(H2,43,55)(H,45,62)(H,46,61)(H,47,56)(H,48,57)(H,49,64)(H,50,63)(H,59,60)(H,67,68)/t21?,22-,23+,24-,25-,26-,27-,28-,29-/m0/s1. The third kappa shape index (κ3) is 17.0. The fourth-order valence-electron chi connectivity index (χ4n) is 8.19. The number of likely N-dealkylation sites (N-methyl/N-ethyl adjacent to an activating group) is 1. The van der Waals surface area contributed by atoms with Crippen LogP contribution in [-0.4, -0.2) is 202 Å². The van der Waals surface area contributed by atoms with Gasteiger partial charge in [-0.15, -0.1) is 0 Å². The summed E-state index contributed by atoms with van der Waals surface area (Å²) in [7, 11) is 1.14. The monoisotopic (exact) mass is 966 g/mol. The quantitative estimate of drug-likeness (QED) is 0.0341. The molecule has 9 atom stereocenters. The Kier molecular flexibility index (Phi) is 22.0. The highest BCUT2D eigenvalue weighted by Gasteiger charge is 2.43. The Balaban J connectivity index is 1.56. The average Bonchev–Trinajstić information content (AvgIpc) is 4.01. The van der Waals surface area contributed by atoms with Crippen molar-refractivity contribution in [2.45, 2.75) is 139 Å². The number of hydrogen-bond acceptors (Lipinski definition) is 15. The lowest BCUT2D eigenvalue weighted by Gasteiger charge is -2.29. The number of amides is 10. The molecule has 0 bridgehead atoms. The van der Waals surface area contributed by atoms with Crippen molar-refractivity contribution >= 4 is 71.0 Å². The van der Waals surface area contributed by atoms with Gasteiger partial charge in [0.15, 0.2) is 0 Å². The maximum atomic E-state index is 13.5. The summed E-state index contributed by atoms with van der Waals surface area (Å²) in [6.07, 6.45) is 0.0416. The summed E-state index contributed by atoms with van der Waals surface area (Å²) < 4.78 is 0. The van der Waals surface area contributed by atoms with Crippen molar-refractivity contribution in [2.24, 2.45) is 11.5 Å². The Hall–Kier alpha value is -6.48. The van der Waals surface area contributed by atoms with Gasteiger partial charge in [-0.1, -0.05) is 0 Å². The molecule has 27 nitrogen and oxygen atoms in total. The van der Waals surface area contributed by atoms with Crippen LogP contribution in [0.1, 0.15) is 84.5 Å². The van der Waals surface area contributed by atoms with E-state index in [2.05, 4.69) is 37.2 Å². The van der Waals surface area contributed by atoms with E-state index in [9.17, 15) is 72.9 Å². The van der Waals surface area contributed by atoms with Gasteiger partial charge in [0.2, 0.25) is 59.1 Å². The van der Waals surface area contributed by atoms with Crippen LogP contribution in [0.3, 0.4) is 0 Å². The number of rotatable bonds is 27. The van der Waals surface area contributed by atoms with E-state index in [1.54, 1.807) is 6.92 Å². The van der Waals surface area contributed by atoms with Crippen molar-refractivity contribution < 1.29 is 72.9 Å². The van der Waals surface area contributed by atoms with Crippen molar-refractivity contribution in [1.29, 1.82) is 0 Å². The van der Waals surface area contributed by atoms with Gasteiger partial charge in [-0.3, -0.25) is 52.7 Å². The molecule has 3 saturated heterocycles. The van der Waals surface area contributed by atoms with Gasteiger partial charge in [0, 0.05) is 32.6 Å². The number of primary amides is 1. The maximum Gasteiger partial charge on any atom is 0.326 e. The molecule has 0 aromatic heterocycles. The summed E-state index contributed by atoms with van der Waals surface area (Å²) in [6.45, 7) is 1.95.